The molecule has 1 aromatic rings. The first-order valence-corrected chi connectivity index (χ1v) is 5.10. The number of nitriles is 1. The highest BCUT2D eigenvalue weighted by Gasteiger charge is 2.32. The van der Waals surface area contributed by atoms with Crippen LogP contribution in [0.2, 0.25) is 0 Å². The van der Waals surface area contributed by atoms with E-state index in [1.807, 2.05) is 6.07 Å². The standard InChI is InChI=1S/C12H10N2O3/c1-8(15)9-3-2-4-10(5-9)14-7-11(6-13)17-12(14)16/h2-5,11H,7H2,1H3. The minimum atomic E-state index is -0.747. The zero-order valence-corrected chi connectivity index (χ0v) is 9.21. The minimum absolute atomic E-state index is 0.0729. The van der Waals surface area contributed by atoms with E-state index in [0.29, 0.717) is 11.3 Å². The van der Waals surface area contributed by atoms with Crippen LogP contribution >= 0.6 is 0 Å². The van der Waals surface area contributed by atoms with Gasteiger partial charge in [0.25, 0.3) is 0 Å². The molecule has 0 bridgehead atoms. The number of benzene rings is 1. The van der Waals surface area contributed by atoms with E-state index >= 15 is 0 Å². The van der Waals surface area contributed by atoms with Gasteiger partial charge in [0, 0.05) is 11.3 Å². The van der Waals surface area contributed by atoms with E-state index in [1.54, 1.807) is 24.3 Å². The number of nitrogens with zero attached hydrogens (tertiary/aromatic N) is 2. The molecular formula is C12H10N2O3. The van der Waals surface area contributed by atoms with Crippen molar-refractivity contribution in [3.63, 3.8) is 0 Å². The number of anilines is 1. The van der Waals surface area contributed by atoms with E-state index in [2.05, 4.69) is 0 Å². The highest BCUT2D eigenvalue weighted by molar-refractivity contribution is 5.97. The van der Waals surface area contributed by atoms with Gasteiger partial charge in [-0.15, -0.1) is 0 Å². The quantitative estimate of drug-likeness (QED) is 0.725. The molecule has 0 aliphatic carbocycles. The van der Waals surface area contributed by atoms with Crippen LogP contribution in [0.4, 0.5) is 10.5 Å². The van der Waals surface area contributed by atoms with Crippen LogP contribution in [0.3, 0.4) is 0 Å². The number of Topliss-reactive ketones (excluding diaryl/α,β-unsaturated/α-hetero) is 1. The Morgan fingerprint density at radius 2 is 2.35 bits per heavy atom. The molecule has 1 aromatic carbocycles. The van der Waals surface area contributed by atoms with Crippen LogP contribution in [-0.2, 0) is 4.74 Å². The first-order valence-electron chi connectivity index (χ1n) is 5.10. The molecule has 0 radical (unpaired) electrons. The number of cyclic esters (lactones) is 1. The van der Waals surface area contributed by atoms with Crippen molar-refractivity contribution in [1.82, 2.24) is 0 Å². The Bertz CT molecular complexity index is 519. The number of hydrogen-bond donors (Lipinski definition) is 0. The lowest BCUT2D eigenvalue weighted by Gasteiger charge is -2.12. The predicted octanol–water partition coefficient (Wildman–Crippen LogP) is 1.74. The fourth-order valence-corrected chi connectivity index (χ4v) is 1.63. The van der Waals surface area contributed by atoms with Crippen molar-refractivity contribution in [2.24, 2.45) is 0 Å². The summed E-state index contributed by atoms with van der Waals surface area (Å²) in [6.45, 7) is 1.65. The second-order valence-corrected chi connectivity index (χ2v) is 3.72. The van der Waals surface area contributed by atoms with Crippen LogP contribution in [-0.4, -0.2) is 24.5 Å². The monoisotopic (exact) mass is 230 g/mol. The fourth-order valence-electron chi connectivity index (χ4n) is 1.63. The van der Waals surface area contributed by atoms with Crippen LogP contribution in [0.1, 0.15) is 17.3 Å². The number of carbonyl (C=O) groups is 2. The smallest absolute Gasteiger partial charge is 0.415 e. The summed E-state index contributed by atoms with van der Waals surface area (Å²) in [7, 11) is 0. The molecule has 2 rings (SSSR count). The van der Waals surface area contributed by atoms with Gasteiger partial charge in [0.1, 0.15) is 6.07 Å². The molecular weight excluding hydrogens is 220 g/mol. The van der Waals surface area contributed by atoms with Gasteiger partial charge in [-0.05, 0) is 19.1 Å². The lowest BCUT2D eigenvalue weighted by atomic mass is 10.1. The topological polar surface area (TPSA) is 70.4 Å². The molecule has 17 heavy (non-hydrogen) atoms. The van der Waals surface area contributed by atoms with Gasteiger partial charge in [0.05, 0.1) is 6.54 Å². The van der Waals surface area contributed by atoms with E-state index in [0.717, 1.165) is 0 Å². The molecule has 1 atom stereocenters. The summed E-state index contributed by atoms with van der Waals surface area (Å²) >= 11 is 0. The first-order chi connectivity index (χ1) is 8.11. The van der Waals surface area contributed by atoms with E-state index in [4.69, 9.17) is 10.00 Å². The van der Waals surface area contributed by atoms with Crippen molar-refractivity contribution < 1.29 is 14.3 Å². The summed E-state index contributed by atoms with van der Waals surface area (Å²) in [5.74, 6) is -0.0729. The Kier molecular flexibility index (Phi) is 2.79. The average molecular weight is 230 g/mol. The Balaban J connectivity index is 2.29. The molecule has 1 aliphatic rings. The van der Waals surface area contributed by atoms with Gasteiger partial charge in [-0.2, -0.15) is 5.26 Å². The number of rotatable bonds is 2. The molecule has 1 saturated heterocycles. The van der Waals surface area contributed by atoms with Gasteiger partial charge < -0.3 is 4.74 Å². The average Bonchev–Trinajstić information content (AvgIpc) is 2.71. The number of carbonyl (C=O) groups excluding carboxylic acids is 2. The second kappa shape index (κ2) is 4.26. The van der Waals surface area contributed by atoms with Crippen LogP contribution in [0.15, 0.2) is 24.3 Å². The number of hydrogen-bond acceptors (Lipinski definition) is 4. The first kappa shape index (κ1) is 11.1. The van der Waals surface area contributed by atoms with Gasteiger partial charge in [-0.3, -0.25) is 9.69 Å². The maximum absolute atomic E-state index is 11.5. The Morgan fingerprint density at radius 1 is 1.59 bits per heavy atom. The molecule has 1 unspecified atom stereocenters. The van der Waals surface area contributed by atoms with Crippen molar-refractivity contribution in [1.29, 1.82) is 5.26 Å². The third-order valence-electron chi connectivity index (χ3n) is 2.52. The van der Waals surface area contributed by atoms with Crippen LogP contribution in [0.25, 0.3) is 0 Å². The molecule has 0 N–H and O–H groups in total. The molecule has 5 heteroatoms. The van der Waals surface area contributed by atoms with Crippen LogP contribution in [0, 0.1) is 11.3 Å². The minimum Gasteiger partial charge on any atom is -0.428 e. The summed E-state index contributed by atoms with van der Waals surface area (Å²) in [5, 5.41) is 8.68. The SMILES string of the molecule is CC(=O)c1cccc(N2CC(C#N)OC2=O)c1. The Labute approximate surface area is 98.2 Å². The lowest BCUT2D eigenvalue weighted by molar-refractivity contribution is 0.101. The van der Waals surface area contributed by atoms with Crippen molar-refractivity contribution in [2.45, 2.75) is 13.0 Å². The molecule has 0 spiro atoms. The van der Waals surface area contributed by atoms with Gasteiger partial charge in [-0.1, -0.05) is 12.1 Å². The lowest BCUT2D eigenvalue weighted by Crippen LogP contribution is -2.24. The van der Waals surface area contributed by atoms with Gasteiger partial charge >= 0.3 is 6.09 Å². The zero-order chi connectivity index (χ0) is 12.4. The molecule has 0 aromatic heterocycles. The zero-order valence-electron chi connectivity index (χ0n) is 9.21. The number of ketones is 1. The van der Waals surface area contributed by atoms with Gasteiger partial charge in [-0.25, -0.2) is 4.79 Å². The van der Waals surface area contributed by atoms with Crippen molar-refractivity contribution >= 4 is 17.6 Å². The van der Waals surface area contributed by atoms with Gasteiger partial charge in [0.2, 0.25) is 6.10 Å². The van der Waals surface area contributed by atoms with E-state index in [1.165, 1.54) is 11.8 Å². The molecule has 1 aliphatic heterocycles. The summed E-state index contributed by atoms with van der Waals surface area (Å²) in [6.07, 6.45) is -1.30. The van der Waals surface area contributed by atoms with E-state index in [-0.39, 0.29) is 12.3 Å². The second-order valence-electron chi connectivity index (χ2n) is 3.72. The molecule has 86 valence electrons. The Morgan fingerprint density at radius 3 is 2.94 bits per heavy atom. The summed E-state index contributed by atoms with van der Waals surface area (Å²) < 4.78 is 4.82. The molecule has 0 saturated carbocycles. The third-order valence-corrected chi connectivity index (χ3v) is 2.52. The van der Waals surface area contributed by atoms with Crippen molar-refractivity contribution in [3.8, 4) is 6.07 Å². The van der Waals surface area contributed by atoms with E-state index in [9.17, 15) is 9.59 Å². The van der Waals surface area contributed by atoms with Crippen molar-refractivity contribution in [2.75, 3.05) is 11.4 Å². The molecule has 5 nitrogen and oxygen atoms in total. The molecule has 1 amide bonds. The summed E-state index contributed by atoms with van der Waals surface area (Å²) in [5.41, 5.74) is 1.09. The highest BCUT2D eigenvalue weighted by atomic mass is 16.6. The number of ether oxygens (including phenoxy) is 1. The third kappa shape index (κ3) is 2.11. The molecule has 1 heterocycles. The maximum atomic E-state index is 11.5. The molecule has 1 fully saturated rings. The largest absolute Gasteiger partial charge is 0.428 e. The fraction of sp³-hybridized carbons (Fsp3) is 0.250. The van der Waals surface area contributed by atoms with Crippen molar-refractivity contribution in [3.05, 3.63) is 29.8 Å². The normalized spacial score (nSPS) is 18.7. The number of amides is 1. The summed E-state index contributed by atoms with van der Waals surface area (Å²) in [4.78, 5) is 24.1. The summed E-state index contributed by atoms with van der Waals surface area (Å²) in [6, 6.07) is 8.57. The van der Waals surface area contributed by atoms with Crippen LogP contribution in [0.5, 0.6) is 0 Å². The van der Waals surface area contributed by atoms with Crippen LogP contribution < -0.4 is 4.90 Å². The maximum Gasteiger partial charge on any atom is 0.415 e. The predicted molar refractivity (Wildman–Crippen MR) is 59.7 cm³/mol. The Hall–Kier alpha value is -2.35. The highest BCUT2D eigenvalue weighted by Crippen LogP contribution is 2.22. The van der Waals surface area contributed by atoms with E-state index < -0.39 is 12.2 Å². The van der Waals surface area contributed by atoms with Gasteiger partial charge in [0.15, 0.2) is 5.78 Å².